The number of rotatable bonds is 4. The van der Waals surface area contributed by atoms with E-state index in [0.29, 0.717) is 0 Å². The second-order valence-corrected chi connectivity index (χ2v) is 4.92. The van der Waals surface area contributed by atoms with Gasteiger partial charge in [0.2, 0.25) is 17.7 Å². The molecule has 1 aromatic heterocycles. The second kappa shape index (κ2) is 6.33. The molecule has 1 fully saturated rings. The minimum atomic E-state index is -0.581. The van der Waals surface area contributed by atoms with Crippen molar-refractivity contribution in [1.29, 1.82) is 0 Å². The number of carbonyl (C=O) groups excluding carboxylic acids is 1. The van der Waals surface area contributed by atoms with Crippen molar-refractivity contribution in [1.82, 2.24) is 14.9 Å². The van der Waals surface area contributed by atoms with Crippen LogP contribution in [0.15, 0.2) is 0 Å². The fourth-order valence-electron chi connectivity index (χ4n) is 2.34. The number of anilines is 2. The normalized spacial score (nSPS) is 14.8. The number of amides is 1. The number of nitrogens with one attached hydrogen (secondary N) is 1. The quantitative estimate of drug-likeness (QED) is 0.618. The van der Waals surface area contributed by atoms with E-state index in [1.807, 2.05) is 0 Å². The van der Waals surface area contributed by atoms with Gasteiger partial charge in [-0.05, 0) is 26.2 Å². The minimum Gasteiger partial charge on any atom is -0.368 e. The maximum Gasteiger partial charge on any atom is 0.332 e. The highest BCUT2D eigenvalue weighted by molar-refractivity contribution is 5.81. The Labute approximate surface area is 121 Å². The van der Waals surface area contributed by atoms with Crippen molar-refractivity contribution in [3.8, 4) is 0 Å². The molecule has 9 heteroatoms. The van der Waals surface area contributed by atoms with Crippen LogP contribution in [0, 0.1) is 17.0 Å². The van der Waals surface area contributed by atoms with Crippen molar-refractivity contribution in [3.63, 3.8) is 0 Å². The molecule has 0 aromatic carbocycles. The zero-order valence-electron chi connectivity index (χ0n) is 11.8. The summed E-state index contributed by atoms with van der Waals surface area (Å²) in [5, 5.41) is 13.8. The van der Waals surface area contributed by atoms with Crippen LogP contribution in [0.4, 0.5) is 17.5 Å². The maximum absolute atomic E-state index is 12.0. The zero-order valence-corrected chi connectivity index (χ0v) is 11.8. The number of hydrogen-bond donors (Lipinski definition) is 2. The number of aromatic nitrogens is 2. The van der Waals surface area contributed by atoms with Gasteiger partial charge in [-0.25, -0.2) is 4.98 Å². The van der Waals surface area contributed by atoms with Gasteiger partial charge in [-0.2, -0.15) is 4.98 Å². The maximum atomic E-state index is 12.0. The highest BCUT2D eigenvalue weighted by Gasteiger charge is 2.23. The predicted molar refractivity (Wildman–Crippen MR) is 76.8 cm³/mol. The molecule has 0 bridgehead atoms. The molecule has 0 atom stereocenters. The number of nitrogens with zero attached hydrogens (tertiary/aromatic N) is 4. The van der Waals surface area contributed by atoms with Crippen LogP contribution in [-0.4, -0.2) is 45.3 Å². The molecule has 0 radical (unpaired) electrons. The van der Waals surface area contributed by atoms with Crippen LogP contribution in [0.3, 0.4) is 0 Å². The molecule has 21 heavy (non-hydrogen) atoms. The third-order valence-corrected chi connectivity index (χ3v) is 3.37. The monoisotopic (exact) mass is 294 g/mol. The average Bonchev–Trinajstić information content (AvgIpc) is 2.44. The number of carbonyl (C=O) groups is 1. The molecule has 0 unspecified atom stereocenters. The Kier molecular flexibility index (Phi) is 4.51. The first-order chi connectivity index (χ1) is 9.99. The van der Waals surface area contributed by atoms with Crippen molar-refractivity contribution in [2.45, 2.75) is 26.2 Å². The second-order valence-electron chi connectivity index (χ2n) is 4.92. The Morgan fingerprint density at radius 2 is 2.05 bits per heavy atom. The molecule has 1 aliphatic heterocycles. The van der Waals surface area contributed by atoms with E-state index in [0.717, 1.165) is 32.4 Å². The molecular weight excluding hydrogens is 276 g/mol. The van der Waals surface area contributed by atoms with Gasteiger partial charge in [-0.1, -0.05) is 0 Å². The highest BCUT2D eigenvalue weighted by atomic mass is 16.6. The van der Waals surface area contributed by atoms with Gasteiger partial charge in [0.15, 0.2) is 0 Å². The van der Waals surface area contributed by atoms with Gasteiger partial charge in [0.25, 0.3) is 0 Å². The van der Waals surface area contributed by atoms with Gasteiger partial charge in [0.05, 0.1) is 11.5 Å². The van der Waals surface area contributed by atoms with Crippen molar-refractivity contribution in [2.24, 2.45) is 0 Å². The summed E-state index contributed by atoms with van der Waals surface area (Å²) in [4.78, 5) is 31.8. The Balaban J connectivity index is 2.08. The van der Waals surface area contributed by atoms with Gasteiger partial charge in [0, 0.05) is 13.1 Å². The first-order valence-electron chi connectivity index (χ1n) is 6.79. The lowest BCUT2D eigenvalue weighted by molar-refractivity contribution is -0.385. The van der Waals surface area contributed by atoms with E-state index in [1.165, 1.54) is 6.92 Å². The van der Waals surface area contributed by atoms with E-state index < -0.39 is 4.92 Å². The summed E-state index contributed by atoms with van der Waals surface area (Å²) in [5.74, 6) is -0.180. The van der Waals surface area contributed by atoms with Crippen LogP contribution >= 0.6 is 0 Å². The lowest BCUT2D eigenvalue weighted by atomic mass is 10.1. The van der Waals surface area contributed by atoms with Crippen LogP contribution in [0.2, 0.25) is 0 Å². The first kappa shape index (κ1) is 14.9. The number of aryl methyl sites for hydroxylation is 1. The molecule has 1 aliphatic rings. The molecule has 1 saturated heterocycles. The molecule has 2 heterocycles. The lowest BCUT2D eigenvalue weighted by Gasteiger charge is -2.26. The fraction of sp³-hybridized carbons (Fsp3) is 0.583. The third-order valence-electron chi connectivity index (χ3n) is 3.37. The summed E-state index contributed by atoms with van der Waals surface area (Å²) in [6, 6.07) is 0. The van der Waals surface area contributed by atoms with Crippen LogP contribution in [-0.2, 0) is 4.79 Å². The number of nitrogen functional groups attached to an aromatic ring is 1. The van der Waals surface area contributed by atoms with Crippen LogP contribution in [0.1, 0.15) is 25.0 Å². The van der Waals surface area contributed by atoms with Crippen molar-refractivity contribution >= 4 is 23.4 Å². The van der Waals surface area contributed by atoms with Crippen LogP contribution < -0.4 is 11.1 Å². The lowest BCUT2D eigenvalue weighted by Crippen LogP contribution is -2.39. The molecule has 2 rings (SSSR count). The minimum absolute atomic E-state index is 0.0182. The van der Waals surface area contributed by atoms with Gasteiger partial charge >= 0.3 is 5.69 Å². The zero-order chi connectivity index (χ0) is 15.4. The number of likely N-dealkylation sites (tertiary alicyclic amines) is 1. The van der Waals surface area contributed by atoms with E-state index >= 15 is 0 Å². The number of piperidine rings is 1. The van der Waals surface area contributed by atoms with Gasteiger partial charge in [-0.15, -0.1) is 0 Å². The van der Waals surface area contributed by atoms with E-state index in [1.54, 1.807) is 4.90 Å². The Bertz CT molecular complexity index is 556. The van der Waals surface area contributed by atoms with E-state index in [-0.39, 0.29) is 35.6 Å². The smallest absolute Gasteiger partial charge is 0.332 e. The molecular formula is C12H18N6O3. The number of nitro groups is 1. The number of nitrogens with two attached hydrogens (primary N) is 1. The van der Waals surface area contributed by atoms with E-state index in [2.05, 4.69) is 15.3 Å². The number of hydrogen-bond acceptors (Lipinski definition) is 7. The average molecular weight is 294 g/mol. The summed E-state index contributed by atoms with van der Waals surface area (Å²) >= 11 is 0. The fourth-order valence-corrected chi connectivity index (χ4v) is 2.34. The predicted octanol–water partition coefficient (Wildman–Crippen LogP) is 0.700. The van der Waals surface area contributed by atoms with Gasteiger partial charge < -0.3 is 16.0 Å². The highest BCUT2D eigenvalue weighted by Crippen LogP contribution is 2.25. The standard InChI is InChI=1S/C12H18N6O3/c1-8-10(18(20)21)11(16-12(13)15-8)14-7-9(19)17-5-3-2-4-6-17/h2-7H2,1H3,(H3,13,14,15,16). The molecule has 0 aliphatic carbocycles. The van der Waals surface area contributed by atoms with Crippen molar-refractivity contribution in [3.05, 3.63) is 15.8 Å². The summed E-state index contributed by atoms with van der Waals surface area (Å²) in [6.45, 7) is 2.89. The summed E-state index contributed by atoms with van der Waals surface area (Å²) in [7, 11) is 0. The topological polar surface area (TPSA) is 127 Å². The summed E-state index contributed by atoms with van der Waals surface area (Å²) < 4.78 is 0. The van der Waals surface area contributed by atoms with Gasteiger partial charge in [0.1, 0.15) is 5.69 Å². The Morgan fingerprint density at radius 3 is 2.67 bits per heavy atom. The Hall–Kier alpha value is -2.45. The molecule has 1 aromatic rings. The molecule has 0 saturated carbocycles. The van der Waals surface area contributed by atoms with E-state index in [4.69, 9.17) is 5.73 Å². The largest absolute Gasteiger partial charge is 0.368 e. The molecule has 0 spiro atoms. The first-order valence-corrected chi connectivity index (χ1v) is 6.79. The molecule has 3 N–H and O–H groups in total. The summed E-state index contributed by atoms with van der Waals surface area (Å²) in [5.41, 5.74) is 5.41. The third kappa shape index (κ3) is 3.56. The van der Waals surface area contributed by atoms with Crippen molar-refractivity contribution < 1.29 is 9.72 Å². The van der Waals surface area contributed by atoms with Crippen LogP contribution in [0.5, 0.6) is 0 Å². The van der Waals surface area contributed by atoms with Crippen molar-refractivity contribution in [2.75, 3.05) is 30.7 Å². The van der Waals surface area contributed by atoms with Gasteiger partial charge in [-0.3, -0.25) is 14.9 Å². The molecule has 1 amide bonds. The molecule has 9 nitrogen and oxygen atoms in total. The SMILES string of the molecule is Cc1nc(N)nc(NCC(=O)N2CCCCC2)c1[N+](=O)[O-]. The molecule has 114 valence electrons. The summed E-state index contributed by atoms with van der Waals surface area (Å²) in [6.07, 6.45) is 3.11. The van der Waals surface area contributed by atoms with E-state index in [9.17, 15) is 14.9 Å². The Morgan fingerprint density at radius 1 is 1.38 bits per heavy atom. The van der Waals surface area contributed by atoms with Crippen LogP contribution in [0.25, 0.3) is 0 Å².